The molecule has 0 bridgehead atoms. The third-order valence-corrected chi connectivity index (χ3v) is 5.07. The molecule has 4 aromatic rings. The normalized spacial score (nSPS) is 10.6. The van der Waals surface area contributed by atoms with Gasteiger partial charge in [0.1, 0.15) is 18.0 Å². The molecule has 0 aliphatic rings. The molecule has 2 aromatic heterocycles. The molecule has 0 saturated carbocycles. The highest BCUT2D eigenvalue weighted by atomic mass is 16.5. The molecule has 8 nitrogen and oxygen atoms in total. The standard InChI is InChI=1S/C25H25N3O5/c1-30-21-11-17(12-22(31-2)24(21)32-3)14-26-25(29)18-7-6-8-20(13-18)33-16-19-15-28-10-5-4-9-23(28)27-19/h4-13,15H,14,16H2,1-3H3,(H,26,29). The maximum absolute atomic E-state index is 12.7. The monoisotopic (exact) mass is 447 g/mol. The third kappa shape index (κ3) is 5.01. The lowest BCUT2D eigenvalue weighted by molar-refractivity contribution is 0.0950. The zero-order valence-corrected chi connectivity index (χ0v) is 18.7. The molecule has 0 unspecified atom stereocenters. The molecule has 0 fully saturated rings. The predicted molar refractivity (Wildman–Crippen MR) is 123 cm³/mol. The first-order valence-corrected chi connectivity index (χ1v) is 10.3. The third-order valence-electron chi connectivity index (χ3n) is 5.07. The Balaban J connectivity index is 1.40. The van der Waals surface area contributed by atoms with Crippen molar-refractivity contribution in [1.29, 1.82) is 0 Å². The van der Waals surface area contributed by atoms with Gasteiger partial charge in [-0.2, -0.15) is 0 Å². The van der Waals surface area contributed by atoms with Crippen LogP contribution in [0.3, 0.4) is 0 Å². The Kier molecular flexibility index (Phi) is 6.64. The number of benzene rings is 2. The first kappa shape index (κ1) is 22.0. The van der Waals surface area contributed by atoms with Crippen molar-refractivity contribution >= 4 is 11.6 Å². The van der Waals surface area contributed by atoms with Gasteiger partial charge < -0.3 is 28.7 Å². The summed E-state index contributed by atoms with van der Waals surface area (Å²) in [6.45, 7) is 0.597. The Bertz CT molecular complexity index is 1210. The Hall–Kier alpha value is -4.20. The van der Waals surface area contributed by atoms with E-state index in [-0.39, 0.29) is 5.91 Å². The van der Waals surface area contributed by atoms with Gasteiger partial charge in [0.2, 0.25) is 5.75 Å². The van der Waals surface area contributed by atoms with E-state index in [1.165, 1.54) is 0 Å². The fraction of sp³-hybridized carbons (Fsp3) is 0.200. The van der Waals surface area contributed by atoms with E-state index in [9.17, 15) is 4.79 Å². The van der Waals surface area contributed by atoms with Crippen molar-refractivity contribution in [1.82, 2.24) is 14.7 Å². The second-order valence-electron chi connectivity index (χ2n) is 7.23. The zero-order valence-electron chi connectivity index (χ0n) is 18.7. The van der Waals surface area contributed by atoms with Gasteiger partial charge in [-0.3, -0.25) is 4.79 Å². The molecule has 0 atom stereocenters. The summed E-state index contributed by atoms with van der Waals surface area (Å²) in [7, 11) is 4.65. The average Bonchev–Trinajstić information content (AvgIpc) is 3.28. The summed E-state index contributed by atoms with van der Waals surface area (Å²) < 4.78 is 23.9. The van der Waals surface area contributed by atoms with E-state index in [0.717, 1.165) is 16.9 Å². The number of fused-ring (bicyclic) bond motifs is 1. The Morgan fingerprint density at radius 1 is 0.970 bits per heavy atom. The molecule has 4 rings (SSSR count). The first-order valence-electron chi connectivity index (χ1n) is 10.3. The molecule has 170 valence electrons. The van der Waals surface area contributed by atoms with E-state index >= 15 is 0 Å². The SMILES string of the molecule is COc1cc(CNC(=O)c2cccc(OCc3cn4ccccc4n3)c2)cc(OC)c1OC. The van der Waals surface area contributed by atoms with Crippen LogP contribution in [0.2, 0.25) is 0 Å². The highest BCUT2D eigenvalue weighted by molar-refractivity contribution is 5.94. The first-order chi connectivity index (χ1) is 16.1. The summed E-state index contributed by atoms with van der Waals surface area (Å²) in [6.07, 6.45) is 3.86. The second-order valence-corrected chi connectivity index (χ2v) is 7.23. The largest absolute Gasteiger partial charge is 0.493 e. The number of ether oxygens (including phenoxy) is 4. The smallest absolute Gasteiger partial charge is 0.251 e. The Morgan fingerprint density at radius 3 is 2.45 bits per heavy atom. The van der Waals surface area contributed by atoms with Crippen LogP contribution in [0, 0.1) is 0 Å². The van der Waals surface area contributed by atoms with Crippen LogP contribution < -0.4 is 24.3 Å². The van der Waals surface area contributed by atoms with E-state index in [0.29, 0.717) is 41.7 Å². The summed E-state index contributed by atoms with van der Waals surface area (Å²) in [4.78, 5) is 17.2. The lowest BCUT2D eigenvalue weighted by atomic mass is 10.1. The molecular weight excluding hydrogens is 422 g/mol. The lowest BCUT2D eigenvalue weighted by Crippen LogP contribution is -2.22. The minimum atomic E-state index is -0.220. The molecule has 0 spiro atoms. The van der Waals surface area contributed by atoms with Gasteiger partial charge in [-0.05, 0) is 48.0 Å². The van der Waals surface area contributed by atoms with E-state index in [4.69, 9.17) is 18.9 Å². The van der Waals surface area contributed by atoms with Gasteiger partial charge in [-0.1, -0.05) is 12.1 Å². The highest BCUT2D eigenvalue weighted by Gasteiger charge is 2.14. The van der Waals surface area contributed by atoms with Crippen molar-refractivity contribution in [2.75, 3.05) is 21.3 Å². The molecule has 0 saturated heterocycles. The molecule has 0 radical (unpaired) electrons. The second kappa shape index (κ2) is 9.95. The van der Waals surface area contributed by atoms with Gasteiger partial charge in [0.05, 0.1) is 27.0 Å². The number of pyridine rings is 1. The molecule has 2 aromatic carbocycles. The summed E-state index contributed by atoms with van der Waals surface area (Å²) >= 11 is 0. The van der Waals surface area contributed by atoms with Crippen LogP contribution in [0.1, 0.15) is 21.6 Å². The number of methoxy groups -OCH3 is 3. The van der Waals surface area contributed by atoms with Crippen molar-refractivity contribution in [2.24, 2.45) is 0 Å². The Labute approximate surface area is 191 Å². The van der Waals surface area contributed by atoms with Crippen molar-refractivity contribution in [3.05, 3.63) is 83.8 Å². The van der Waals surface area contributed by atoms with Crippen molar-refractivity contribution in [2.45, 2.75) is 13.2 Å². The van der Waals surface area contributed by atoms with Crippen LogP contribution in [0.25, 0.3) is 5.65 Å². The topological polar surface area (TPSA) is 83.3 Å². The summed E-state index contributed by atoms with van der Waals surface area (Å²) in [5.41, 5.74) is 2.97. The number of imidazole rings is 1. The fourth-order valence-corrected chi connectivity index (χ4v) is 3.46. The highest BCUT2D eigenvalue weighted by Crippen LogP contribution is 2.38. The van der Waals surface area contributed by atoms with Crippen LogP contribution in [0.5, 0.6) is 23.0 Å². The number of nitrogens with one attached hydrogen (secondary N) is 1. The summed E-state index contributed by atoms with van der Waals surface area (Å²) in [5.74, 6) is 1.94. The van der Waals surface area contributed by atoms with Crippen LogP contribution >= 0.6 is 0 Å². The molecule has 1 amide bonds. The molecule has 8 heteroatoms. The van der Waals surface area contributed by atoms with E-state index in [1.54, 1.807) is 51.7 Å². The molecule has 1 N–H and O–H groups in total. The number of rotatable bonds is 9. The fourth-order valence-electron chi connectivity index (χ4n) is 3.46. The lowest BCUT2D eigenvalue weighted by Gasteiger charge is -2.14. The van der Waals surface area contributed by atoms with Gasteiger partial charge >= 0.3 is 0 Å². The number of nitrogens with zero attached hydrogens (tertiary/aromatic N) is 2. The average molecular weight is 447 g/mol. The molecular formula is C25H25N3O5. The summed E-state index contributed by atoms with van der Waals surface area (Å²) in [5, 5.41) is 2.91. The van der Waals surface area contributed by atoms with Crippen LogP contribution in [-0.4, -0.2) is 36.6 Å². The predicted octanol–water partition coefficient (Wildman–Crippen LogP) is 3.87. The van der Waals surface area contributed by atoms with Gasteiger partial charge in [-0.25, -0.2) is 4.98 Å². The molecule has 33 heavy (non-hydrogen) atoms. The van der Waals surface area contributed by atoms with Crippen molar-refractivity contribution in [3.63, 3.8) is 0 Å². The zero-order chi connectivity index (χ0) is 23.2. The maximum atomic E-state index is 12.7. The van der Waals surface area contributed by atoms with Crippen LogP contribution in [0.4, 0.5) is 0 Å². The van der Waals surface area contributed by atoms with Crippen molar-refractivity contribution < 1.29 is 23.7 Å². The number of hydrogen-bond donors (Lipinski definition) is 1. The molecule has 2 heterocycles. The van der Waals surface area contributed by atoms with Gasteiger partial charge in [0.15, 0.2) is 11.5 Å². The van der Waals surface area contributed by atoms with E-state index in [1.807, 2.05) is 41.1 Å². The van der Waals surface area contributed by atoms with Gasteiger partial charge in [0.25, 0.3) is 5.91 Å². The van der Waals surface area contributed by atoms with Crippen LogP contribution in [-0.2, 0) is 13.2 Å². The number of aromatic nitrogens is 2. The molecule has 0 aliphatic heterocycles. The quantitative estimate of drug-likeness (QED) is 0.419. The summed E-state index contributed by atoms with van der Waals surface area (Å²) in [6, 6.07) is 16.5. The Morgan fingerprint density at radius 2 is 1.76 bits per heavy atom. The van der Waals surface area contributed by atoms with Gasteiger partial charge in [-0.15, -0.1) is 0 Å². The maximum Gasteiger partial charge on any atom is 0.251 e. The van der Waals surface area contributed by atoms with E-state index < -0.39 is 0 Å². The number of carbonyl (C=O) groups excluding carboxylic acids is 1. The number of carbonyl (C=O) groups is 1. The van der Waals surface area contributed by atoms with E-state index in [2.05, 4.69) is 10.3 Å². The number of hydrogen-bond acceptors (Lipinski definition) is 6. The van der Waals surface area contributed by atoms with Crippen LogP contribution in [0.15, 0.2) is 67.0 Å². The number of amides is 1. The van der Waals surface area contributed by atoms with Gasteiger partial charge in [0, 0.05) is 24.5 Å². The minimum Gasteiger partial charge on any atom is -0.493 e. The molecule has 0 aliphatic carbocycles. The van der Waals surface area contributed by atoms with Crippen molar-refractivity contribution in [3.8, 4) is 23.0 Å². The minimum absolute atomic E-state index is 0.220.